The maximum atomic E-state index is 13.4. The van der Waals surface area contributed by atoms with Crippen molar-refractivity contribution in [2.75, 3.05) is 5.32 Å². The molecule has 0 saturated carbocycles. The Morgan fingerprint density at radius 3 is 2.53 bits per heavy atom. The van der Waals surface area contributed by atoms with Gasteiger partial charge in [0.05, 0.1) is 0 Å². The number of nitrogens with one attached hydrogen (secondary N) is 2. The second-order valence-corrected chi connectivity index (χ2v) is 4.62. The molecule has 2 rings (SSSR count). The Morgan fingerprint density at radius 2 is 1.79 bits per heavy atom. The van der Waals surface area contributed by atoms with Gasteiger partial charge in [0.1, 0.15) is 5.82 Å². The van der Waals surface area contributed by atoms with Crippen LogP contribution < -0.4 is 10.6 Å². The Kier molecular flexibility index (Phi) is 4.47. The van der Waals surface area contributed by atoms with Gasteiger partial charge in [-0.2, -0.15) is 0 Å². The molecule has 0 aromatic heterocycles. The molecule has 0 bridgehead atoms. The summed E-state index contributed by atoms with van der Waals surface area (Å²) in [5, 5.41) is 6.58. The fourth-order valence-electron chi connectivity index (χ4n) is 1.70. The SMILES string of the molecule is Cc1ccccc1NC(=S)NCc1ccccc1F. The van der Waals surface area contributed by atoms with Gasteiger partial charge in [-0.15, -0.1) is 0 Å². The molecule has 2 N–H and O–H groups in total. The molecule has 0 heterocycles. The monoisotopic (exact) mass is 274 g/mol. The molecule has 0 unspecified atom stereocenters. The van der Waals surface area contributed by atoms with Crippen molar-refractivity contribution in [1.29, 1.82) is 0 Å². The van der Waals surface area contributed by atoms with Gasteiger partial charge < -0.3 is 10.6 Å². The van der Waals surface area contributed by atoms with E-state index in [1.165, 1.54) is 6.07 Å². The van der Waals surface area contributed by atoms with Gasteiger partial charge in [0.15, 0.2) is 5.11 Å². The highest BCUT2D eigenvalue weighted by Gasteiger charge is 2.03. The first-order valence-corrected chi connectivity index (χ1v) is 6.41. The predicted octanol–water partition coefficient (Wildman–Crippen LogP) is 3.62. The van der Waals surface area contributed by atoms with Crippen LogP contribution in [0.3, 0.4) is 0 Å². The fourth-order valence-corrected chi connectivity index (χ4v) is 1.88. The molecule has 0 aliphatic carbocycles. The van der Waals surface area contributed by atoms with Crippen molar-refractivity contribution >= 4 is 23.0 Å². The van der Waals surface area contributed by atoms with Crippen LogP contribution in [0, 0.1) is 12.7 Å². The van der Waals surface area contributed by atoms with Gasteiger partial charge in [-0.05, 0) is 36.8 Å². The topological polar surface area (TPSA) is 24.1 Å². The molecule has 19 heavy (non-hydrogen) atoms. The molecular weight excluding hydrogens is 259 g/mol. The molecule has 0 spiro atoms. The largest absolute Gasteiger partial charge is 0.358 e. The van der Waals surface area contributed by atoms with Crippen molar-refractivity contribution in [3.05, 3.63) is 65.5 Å². The number of para-hydroxylation sites is 1. The van der Waals surface area contributed by atoms with E-state index in [0.717, 1.165) is 11.3 Å². The molecule has 4 heteroatoms. The van der Waals surface area contributed by atoms with Crippen LogP contribution in [0.15, 0.2) is 48.5 Å². The zero-order valence-corrected chi connectivity index (χ0v) is 11.4. The lowest BCUT2D eigenvalue weighted by Crippen LogP contribution is -2.28. The number of anilines is 1. The van der Waals surface area contributed by atoms with Crippen molar-refractivity contribution < 1.29 is 4.39 Å². The van der Waals surface area contributed by atoms with Crippen LogP contribution in [-0.4, -0.2) is 5.11 Å². The summed E-state index contributed by atoms with van der Waals surface area (Å²) in [6, 6.07) is 14.5. The first-order chi connectivity index (χ1) is 9.16. The zero-order valence-electron chi connectivity index (χ0n) is 10.6. The molecule has 0 fully saturated rings. The van der Waals surface area contributed by atoms with Crippen LogP contribution in [0.2, 0.25) is 0 Å². The van der Waals surface area contributed by atoms with Gasteiger partial charge in [-0.25, -0.2) is 4.39 Å². The van der Waals surface area contributed by atoms with E-state index in [1.807, 2.05) is 31.2 Å². The summed E-state index contributed by atoms with van der Waals surface area (Å²) in [7, 11) is 0. The minimum Gasteiger partial charge on any atom is -0.358 e. The van der Waals surface area contributed by atoms with E-state index in [1.54, 1.807) is 18.2 Å². The van der Waals surface area contributed by atoms with Gasteiger partial charge >= 0.3 is 0 Å². The Morgan fingerprint density at radius 1 is 1.11 bits per heavy atom. The number of thiocarbonyl (C=S) groups is 1. The van der Waals surface area contributed by atoms with E-state index in [-0.39, 0.29) is 5.82 Å². The lowest BCUT2D eigenvalue weighted by atomic mass is 10.2. The molecule has 0 saturated heterocycles. The van der Waals surface area contributed by atoms with Gasteiger partial charge in [0, 0.05) is 17.8 Å². The van der Waals surface area contributed by atoms with Crippen molar-refractivity contribution in [2.24, 2.45) is 0 Å². The number of aryl methyl sites for hydroxylation is 1. The Bertz CT molecular complexity index is 584. The minimum absolute atomic E-state index is 0.228. The van der Waals surface area contributed by atoms with E-state index in [4.69, 9.17) is 12.2 Å². The van der Waals surface area contributed by atoms with Crippen molar-refractivity contribution in [1.82, 2.24) is 5.32 Å². The third kappa shape index (κ3) is 3.76. The standard InChI is InChI=1S/C15H15FN2S/c1-11-6-2-5-9-14(11)18-15(19)17-10-12-7-3-4-8-13(12)16/h2-9H,10H2,1H3,(H2,17,18,19). The smallest absolute Gasteiger partial charge is 0.171 e. The number of rotatable bonds is 3. The second kappa shape index (κ2) is 6.29. The first-order valence-electron chi connectivity index (χ1n) is 6.00. The third-order valence-corrected chi connectivity index (χ3v) is 3.04. The van der Waals surface area contributed by atoms with Crippen LogP contribution in [0.25, 0.3) is 0 Å². The van der Waals surface area contributed by atoms with Crippen LogP contribution in [-0.2, 0) is 6.54 Å². The van der Waals surface area contributed by atoms with E-state index in [0.29, 0.717) is 17.2 Å². The van der Waals surface area contributed by atoms with E-state index < -0.39 is 0 Å². The highest BCUT2D eigenvalue weighted by atomic mass is 32.1. The lowest BCUT2D eigenvalue weighted by Gasteiger charge is -2.12. The highest BCUT2D eigenvalue weighted by Crippen LogP contribution is 2.13. The first kappa shape index (κ1) is 13.5. The maximum absolute atomic E-state index is 13.4. The molecule has 98 valence electrons. The Balaban J connectivity index is 1.92. The highest BCUT2D eigenvalue weighted by molar-refractivity contribution is 7.80. The summed E-state index contributed by atoms with van der Waals surface area (Å²) in [5.74, 6) is -0.228. The van der Waals surface area contributed by atoms with Crippen LogP contribution in [0.1, 0.15) is 11.1 Å². The van der Waals surface area contributed by atoms with Crippen molar-refractivity contribution in [3.63, 3.8) is 0 Å². The Hall–Kier alpha value is -1.94. The van der Waals surface area contributed by atoms with E-state index in [9.17, 15) is 4.39 Å². The lowest BCUT2D eigenvalue weighted by molar-refractivity contribution is 0.606. The van der Waals surface area contributed by atoms with Crippen LogP contribution in [0.4, 0.5) is 10.1 Å². The molecule has 2 nitrogen and oxygen atoms in total. The predicted molar refractivity (Wildman–Crippen MR) is 80.6 cm³/mol. The van der Waals surface area contributed by atoms with Gasteiger partial charge in [-0.1, -0.05) is 36.4 Å². The summed E-state index contributed by atoms with van der Waals surface area (Å²) in [6.07, 6.45) is 0. The Labute approximate surface area is 117 Å². The van der Waals surface area contributed by atoms with Crippen molar-refractivity contribution in [3.8, 4) is 0 Å². The van der Waals surface area contributed by atoms with Crippen molar-refractivity contribution in [2.45, 2.75) is 13.5 Å². The second-order valence-electron chi connectivity index (χ2n) is 4.21. The quantitative estimate of drug-likeness (QED) is 0.836. The number of hydrogen-bond donors (Lipinski definition) is 2. The van der Waals surface area contributed by atoms with Crippen LogP contribution >= 0.6 is 12.2 Å². The average Bonchev–Trinajstić information content (AvgIpc) is 2.40. The number of halogens is 1. The number of benzene rings is 2. The molecule has 2 aromatic rings. The maximum Gasteiger partial charge on any atom is 0.171 e. The van der Waals surface area contributed by atoms with E-state index >= 15 is 0 Å². The summed E-state index contributed by atoms with van der Waals surface area (Å²) in [5.41, 5.74) is 2.66. The molecule has 0 aliphatic heterocycles. The molecule has 2 aromatic carbocycles. The average molecular weight is 274 g/mol. The molecule has 0 atom stereocenters. The summed E-state index contributed by atoms with van der Waals surface area (Å²) < 4.78 is 13.4. The van der Waals surface area contributed by atoms with Crippen LogP contribution in [0.5, 0.6) is 0 Å². The summed E-state index contributed by atoms with van der Waals surface area (Å²) >= 11 is 5.19. The minimum atomic E-state index is -0.228. The van der Waals surface area contributed by atoms with E-state index in [2.05, 4.69) is 10.6 Å². The molecule has 0 amide bonds. The van der Waals surface area contributed by atoms with Gasteiger partial charge in [0.25, 0.3) is 0 Å². The molecule has 0 radical (unpaired) electrons. The third-order valence-electron chi connectivity index (χ3n) is 2.79. The number of hydrogen-bond acceptors (Lipinski definition) is 1. The van der Waals surface area contributed by atoms with Gasteiger partial charge in [0.2, 0.25) is 0 Å². The van der Waals surface area contributed by atoms with Gasteiger partial charge in [-0.3, -0.25) is 0 Å². The summed E-state index contributed by atoms with van der Waals surface area (Å²) in [4.78, 5) is 0. The molecule has 0 aliphatic rings. The normalized spacial score (nSPS) is 10.0. The summed E-state index contributed by atoms with van der Waals surface area (Å²) in [6.45, 7) is 2.37. The zero-order chi connectivity index (χ0) is 13.7. The molecular formula is C15H15FN2S. The fraction of sp³-hybridized carbons (Fsp3) is 0.133.